The predicted molar refractivity (Wildman–Crippen MR) is 57.0 cm³/mol. The number of carbonyl (C=O) groups excluding carboxylic acids is 1. The first-order valence-electron chi connectivity index (χ1n) is 5.39. The lowest BCUT2D eigenvalue weighted by Crippen LogP contribution is -2.36. The van der Waals surface area contributed by atoms with Crippen LogP contribution in [-0.2, 0) is 6.18 Å². The van der Waals surface area contributed by atoms with Crippen molar-refractivity contribution in [3.05, 3.63) is 29.1 Å². The molecule has 0 aromatic heterocycles. The number of hydrogen-bond acceptors (Lipinski definition) is 2. The summed E-state index contributed by atoms with van der Waals surface area (Å²) in [5, 5.41) is 2.33. The topological polar surface area (TPSA) is 64.4 Å². The van der Waals surface area contributed by atoms with Gasteiger partial charge >= 0.3 is 12.2 Å². The molecule has 1 aromatic rings. The molecule has 2 amide bonds. The van der Waals surface area contributed by atoms with Gasteiger partial charge in [0.1, 0.15) is 0 Å². The lowest BCUT2D eigenvalue weighted by atomic mass is 9.98. The maximum atomic E-state index is 13.8. The third kappa shape index (κ3) is 2.56. The number of nitrogens with one attached hydrogen (secondary N) is 1. The van der Waals surface area contributed by atoms with Gasteiger partial charge in [0.2, 0.25) is 0 Å². The smallest absolute Gasteiger partial charge is 0.419 e. The SMILES string of the molecule is NC(=O)NC1CCOc2c1ccc(C(F)(F)F)c2F. The summed E-state index contributed by atoms with van der Waals surface area (Å²) in [6.45, 7) is -0.00379. The van der Waals surface area contributed by atoms with Crippen molar-refractivity contribution in [1.82, 2.24) is 5.32 Å². The van der Waals surface area contributed by atoms with E-state index in [0.717, 1.165) is 6.07 Å². The van der Waals surface area contributed by atoms with Crippen LogP contribution in [0.5, 0.6) is 5.75 Å². The van der Waals surface area contributed by atoms with Crippen molar-refractivity contribution in [2.24, 2.45) is 5.73 Å². The maximum absolute atomic E-state index is 13.8. The van der Waals surface area contributed by atoms with Crippen LogP contribution in [0.1, 0.15) is 23.6 Å². The Bertz CT molecular complexity index is 516. The molecule has 1 heterocycles. The van der Waals surface area contributed by atoms with Crippen molar-refractivity contribution in [3.8, 4) is 5.75 Å². The first-order chi connectivity index (χ1) is 8.80. The number of hydrogen-bond donors (Lipinski definition) is 2. The summed E-state index contributed by atoms with van der Waals surface area (Å²) in [5.41, 5.74) is 3.70. The van der Waals surface area contributed by atoms with Crippen LogP contribution in [0.3, 0.4) is 0 Å². The van der Waals surface area contributed by atoms with Crippen molar-refractivity contribution in [3.63, 3.8) is 0 Å². The number of benzene rings is 1. The number of amides is 2. The summed E-state index contributed by atoms with van der Waals surface area (Å²) in [7, 11) is 0. The molecule has 0 saturated carbocycles. The quantitative estimate of drug-likeness (QED) is 0.774. The molecule has 2 rings (SSSR count). The second kappa shape index (κ2) is 4.60. The van der Waals surface area contributed by atoms with Gasteiger partial charge in [0.05, 0.1) is 18.2 Å². The van der Waals surface area contributed by atoms with Gasteiger partial charge in [0, 0.05) is 12.0 Å². The Balaban J connectivity index is 2.45. The van der Waals surface area contributed by atoms with Gasteiger partial charge in [-0.1, -0.05) is 6.07 Å². The van der Waals surface area contributed by atoms with Crippen LogP contribution in [0.15, 0.2) is 12.1 Å². The zero-order valence-corrected chi connectivity index (χ0v) is 9.55. The molecule has 0 fully saturated rings. The molecule has 4 nitrogen and oxygen atoms in total. The number of fused-ring (bicyclic) bond motifs is 1. The van der Waals surface area contributed by atoms with Crippen molar-refractivity contribution < 1.29 is 27.1 Å². The van der Waals surface area contributed by atoms with Crippen molar-refractivity contribution >= 4 is 6.03 Å². The molecule has 1 unspecified atom stereocenters. The minimum Gasteiger partial charge on any atom is -0.490 e. The number of alkyl halides is 3. The lowest BCUT2D eigenvalue weighted by molar-refractivity contribution is -0.140. The number of urea groups is 1. The van der Waals surface area contributed by atoms with Crippen molar-refractivity contribution in [2.75, 3.05) is 6.61 Å². The Morgan fingerprint density at radius 1 is 1.42 bits per heavy atom. The minimum atomic E-state index is -4.80. The molecule has 0 aliphatic carbocycles. The van der Waals surface area contributed by atoms with E-state index in [1.807, 2.05) is 0 Å². The highest BCUT2D eigenvalue weighted by Gasteiger charge is 2.38. The molecule has 1 aromatic carbocycles. The lowest BCUT2D eigenvalue weighted by Gasteiger charge is -2.27. The second-order valence-electron chi connectivity index (χ2n) is 4.04. The number of rotatable bonds is 1. The Kier molecular flexibility index (Phi) is 3.25. The van der Waals surface area contributed by atoms with Gasteiger partial charge in [-0.15, -0.1) is 0 Å². The van der Waals surface area contributed by atoms with E-state index in [9.17, 15) is 22.4 Å². The van der Waals surface area contributed by atoms with Crippen LogP contribution < -0.4 is 15.8 Å². The van der Waals surface area contributed by atoms with Gasteiger partial charge in [-0.05, 0) is 6.07 Å². The fourth-order valence-electron chi connectivity index (χ4n) is 1.97. The predicted octanol–water partition coefficient (Wildman–Crippen LogP) is 2.34. The van der Waals surface area contributed by atoms with E-state index in [2.05, 4.69) is 5.32 Å². The van der Waals surface area contributed by atoms with Gasteiger partial charge in [0.25, 0.3) is 0 Å². The van der Waals surface area contributed by atoms with Gasteiger partial charge in [0.15, 0.2) is 11.6 Å². The third-order valence-corrected chi connectivity index (χ3v) is 2.78. The monoisotopic (exact) mass is 278 g/mol. The van der Waals surface area contributed by atoms with Crippen LogP contribution in [0.25, 0.3) is 0 Å². The average molecular weight is 278 g/mol. The summed E-state index contributed by atoms with van der Waals surface area (Å²) < 4.78 is 56.3. The number of primary amides is 1. The number of nitrogens with two attached hydrogens (primary N) is 1. The van der Waals surface area contributed by atoms with Gasteiger partial charge in [-0.2, -0.15) is 13.2 Å². The molecule has 0 spiro atoms. The maximum Gasteiger partial charge on any atom is 0.419 e. The summed E-state index contributed by atoms with van der Waals surface area (Å²) in [5.74, 6) is -1.96. The summed E-state index contributed by atoms with van der Waals surface area (Å²) in [6.07, 6.45) is -4.49. The first-order valence-corrected chi connectivity index (χ1v) is 5.39. The Hall–Kier alpha value is -1.99. The highest BCUT2D eigenvalue weighted by molar-refractivity contribution is 5.72. The molecule has 1 atom stereocenters. The van der Waals surface area contributed by atoms with E-state index in [0.29, 0.717) is 12.5 Å². The highest BCUT2D eigenvalue weighted by Crippen LogP contribution is 2.40. The molecule has 1 aliphatic heterocycles. The van der Waals surface area contributed by atoms with E-state index in [4.69, 9.17) is 10.5 Å². The molecule has 0 bridgehead atoms. The number of halogens is 4. The second-order valence-corrected chi connectivity index (χ2v) is 4.04. The van der Waals surface area contributed by atoms with Gasteiger partial charge < -0.3 is 15.8 Å². The molecule has 8 heteroatoms. The molecule has 104 valence electrons. The molecule has 3 N–H and O–H groups in total. The van der Waals surface area contributed by atoms with E-state index in [1.54, 1.807) is 0 Å². The number of ether oxygens (including phenoxy) is 1. The highest BCUT2D eigenvalue weighted by atomic mass is 19.4. The van der Waals surface area contributed by atoms with E-state index in [-0.39, 0.29) is 12.2 Å². The molecule has 0 saturated heterocycles. The van der Waals surface area contributed by atoms with Crippen molar-refractivity contribution in [2.45, 2.75) is 18.6 Å². The standard InChI is InChI=1S/C11H10F4N2O2/c12-8-6(11(13,14)15)2-1-5-7(17-10(16)18)3-4-19-9(5)8/h1-2,7H,3-4H2,(H3,16,17,18). The van der Waals surface area contributed by atoms with Crippen LogP contribution in [0, 0.1) is 5.82 Å². The summed E-state index contributed by atoms with van der Waals surface area (Å²) in [6, 6.07) is 0.218. The Labute approximate surface area is 105 Å². The first kappa shape index (κ1) is 13.4. The fraction of sp³-hybridized carbons (Fsp3) is 0.364. The van der Waals surface area contributed by atoms with E-state index in [1.165, 1.54) is 0 Å². The normalized spacial score (nSPS) is 18.4. The van der Waals surface area contributed by atoms with E-state index < -0.39 is 35.4 Å². The summed E-state index contributed by atoms with van der Waals surface area (Å²) >= 11 is 0. The van der Waals surface area contributed by atoms with Crippen LogP contribution in [0.4, 0.5) is 22.4 Å². The van der Waals surface area contributed by atoms with Crippen LogP contribution in [0.2, 0.25) is 0 Å². The zero-order chi connectivity index (χ0) is 14.2. The molecule has 19 heavy (non-hydrogen) atoms. The fourth-order valence-corrected chi connectivity index (χ4v) is 1.97. The molecule has 1 aliphatic rings. The molecular formula is C11H10F4N2O2. The molecule has 0 radical (unpaired) electrons. The van der Waals surface area contributed by atoms with Gasteiger partial charge in [-0.25, -0.2) is 9.18 Å². The molecular weight excluding hydrogens is 268 g/mol. The third-order valence-electron chi connectivity index (χ3n) is 2.78. The van der Waals surface area contributed by atoms with Crippen LogP contribution in [-0.4, -0.2) is 12.6 Å². The Morgan fingerprint density at radius 3 is 2.68 bits per heavy atom. The zero-order valence-electron chi connectivity index (χ0n) is 9.55. The van der Waals surface area contributed by atoms with Gasteiger partial charge in [-0.3, -0.25) is 0 Å². The van der Waals surface area contributed by atoms with Crippen molar-refractivity contribution in [1.29, 1.82) is 0 Å². The van der Waals surface area contributed by atoms with Crippen LogP contribution >= 0.6 is 0 Å². The summed E-state index contributed by atoms with van der Waals surface area (Å²) in [4.78, 5) is 10.8. The number of carbonyl (C=O) groups is 1. The average Bonchev–Trinajstić information content (AvgIpc) is 2.28. The van der Waals surface area contributed by atoms with E-state index >= 15 is 0 Å². The minimum absolute atomic E-state index is 0.00379. The largest absolute Gasteiger partial charge is 0.490 e. The Morgan fingerprint density at radius 2 is 2.11 bits per heavy atom.